The Bertz CT molecular complexity index is 653. The highest BCUT2D eigenvalue weighted by Gasteiger charge is 2.09. The van der Waals surface area contributed by atoms with Crippen molar-refractivity contribution in [3.8, 4) is 11.5 Å². The standard InChI is InChI=1S/C16H17ClN2O/c1-3-11-9-12(5-7-14(11)17)20-15-8-10(2)4-6-13(15)16(18)19/h4-9H,3H2,1-2H3,(H3,18,19). The molecule has 0 atom stereocenters. The maximum atomic E-state index is 7.60. The van der Waals surface area contributed by atoms with Crippen molar-refractivity contribution in [2.45, 2.75) is 20.3 Å². The van der Waals surface area contributed by atoms with Gasteiger partial charge in [0.2, 0.25) is 0 Å². The number of hydrogen-bond donors (Lipinski definition) is 2. The molecule has 0 aliphatic rings. The molecule has 0 spiro atoms. The summed E-state index contributed by atoms with van der Waals surface area (Å²) < 4.78 is 5.87. The number of rotatable bonds is 4. The molecule has 0 unspecified atom stereocenters. The molecule has 0 aromatic heterocycles. The minimum atomic E-state index is -0.00956. The number of benzene rings is 2. The highest BCUT2D eigenvalue weighted by Crippen LogP contribution is 2.29. The van der Waals surface area contributed by atoms with E-state index >= 15 is 0 Å². The fourth-order valence-corrected chi connectivity index (χ4v) is 2.20. The van der Waals surface area contributed by atoms with E-state index in [1.165, 1.54) is 0 Å². The number of nitrogen functional groups attached to an aromatic ring is 1. The van der Waals surface area contributed by atoms with Crippen molar-refractivity contribution in [2.75, 3.05) is 0 Å². The van der Waals surface area contributed by atoms with E-state index in [-0.39, 0.29) is 5.84 Å². The SMILES string of the molecule is CCc1cc(Oc2cc(C)ccc2C(=N)N)ccc1Cl. The van der Waals surface area contributed by atoms with Gasteiger partial charge in [-0.2, -0.15) is 0 Å². The van der Waals surface area contributed by atoms with Crippen molar-refractivity contribution in [2.24, 2.45) is 5.73 Å². The molecule has 0 fully saturated rings. The van der Waals surface area contributed by atoms with E-state index < -0.39 is 0 Å². The molecule has 20 heavy (non-hydrogen) atoms. The van der Waals surface area contributed by atoms with E-state index in [2.05, 4.69) is 0 Å². The summed E-state index contributed by atoms with van der Waals surface area (Å²) in [5.41, 5.74) is 8.25. The Hall–Kier alpha value is -2.00. The van der Waals surface area contributed by atoms with Gasteiger partial charge in [0.1, 0.15) is 17.3 Å². The molecule has 3 N–H and O–H groups in total. The first-order valence-corrected chi connectivity index (χ1v) is 6.80. The number of ether oxygens (including phenoxy) is 1. The molecular weight excluding hydrogens is 272 g/mol. The normalized spacial score (nSPS) is 10.3. The summed E-state index contributed by atoms with van der Waals surface area (Å²) in [6.07, 6.45) is 0.837. The lowest BCUT2D eigenvalue weighted by Crippen LogP contribution is -2.12. The van der Waals surface area contributed by atoms with Crippen LogP contribution in [0.5, 0.6) is 11.5 Å². The number of nitrogens with one attached hydrogen (secondary N) is 1. The molecule has 4 heteroatoms. The van der Waals surface area contributed by atoms with E-state index in [1.807, 2.05) is 44.2 Å². The largest absolute Gasteiger partial charge is 0.457 e. The van der Waals surface area contributed by atoms with E-state index in [0.29, 0.717) is 17.1 Å². The summed E-state index contributed by atoms with van der Waals surface area (Å²) >= 11 is 6.10. The van der Waals surface area contributed by atoms with Gasteiger partial charge in [-0.25, -0.2) is 0 Å². The first-order chi connectivity index (χ1) is 9.51. The average molecular weight is 289 g/mol. The van der Waals surface area contributed by atoms with Gasteiger partial charge in [0.25, 0.3) is 0 Å². The molecule has 0 radical (unpaired) electrons. The maximum absolute atomic E-state index is 7.60. The van der Waals surface area contributed by atoms with Crippen LogP contribution in [0.15, 0.2) is 36.4 Å². The van der Waals surface area contributed by atoms with Crippen molar-refractivity contribution in [1.29, 1.82) is 5.41 Å². The minimum absolute atomic E-state index is 0.00956. The molecule has 2 rings (SSSR count). The predicted octanol–water partition coefficient (Wildman–Crippen LogP) is 4.29. The Labute approximate surface area is 123 Å². The second kappa shape index (κ2) is 5.97. The predicted molar refractivity (Wildman–Crippen MR) is 83.1 cm³/mol. The third kappa shape index (κ3) is 3.11. The Morgan fingerprint density at radius 3 is 2.65 bits per heavy atom. The lowest BCUT2D eigenvalue weighted by Gasteiger charge is -2.12. The lowest BCUT2D eigenvalue weighted by molar-refractivity contribution is 0.480. The first-order valence-electron chi connectivity index (χ1n) is 6.42. The average Bonchev–Trinajstić information content (AvgIpc) is 2.40. The summed E-state index contributed by atoms with van der Waals surface area (Å²) in [5.74, 6) is 1.27. The van der Waals surface area contributed by atoms with Crippen LogP contribution in [0.4, 0.5) is 0 Å². The Morgan fingerprint density at radius 2 is 2.00 bits per heavy atom. The molecule has 2 aromatic carbocycles. The molecule has 0 amide bonds. The van der Waals surface area contributed by atoms with Crippen LogP contribution in [0.25, 0.3) is 0 Å². The molecule has 0 saturated carbocycles. The fraction of sp³-hybridized carbons (Fsp3) is 0.188. The van der Waals surface area contributed by atoms with Gasteiger partial charge in [-0.1, -0.05) is 24.6 Å². The third-order valence-electron chi connectivity index (χ3n) is 3.05. The van der Waals surface area contributed by atoms with E-state index in [1.54, 1.807) is 6.07 Å². The number of amidine groups is 1. The molecule has 104 valence electrons. The highest BCUT2D eigenvalue weighted by atomic mass is 35.5. The molecule has 0 bridgehead atoms. The van der Waals surface area contributed by atoms with Crippen LogP contribution >= 0.6 is 11.6 Å². The van der Waals surface area contributed by atoms with E-state index in [0.717, 1.165) is 22.6 Å². The summed E-state index contributed by atoms with van der Waals surface area (Å²) in [4.78, 5) is 0. The molecule has 0 heterocycles. The monoisotopic (exact) mass is 288 g/mol. The third-order valence-corrected chi connectivity index (χ3v) is 3.42. The quantitative estimate of drug-likeness (QED) is 0.651. The van der Waals surface area contributed by atoms with Crippen LogP contribution in [0.2, 0.25) is 5.02 Å². The van der Waals surface area contributed by atoms with Crippen molar-refractivity contribution in [3.63, 3.8) is 0 Å². The van der Waals surface area contributed by atoms with Gasteiger partial charge in [-0.3, -0.25) is 5.41 Å². The van der Waals surface area contributed by atoms with Gasteiger partial charge < -0.3 is 10.5 Å². The van der Waals surface area contributed by atoms with Gasteiger partial charge in [0.05, 0.1) is 5.56 Å². The van der Waals surface area contributed by atoms with Crippen LogP contribution in [0.3, 0.4) is 0 Å². The van der Waals surface area contributed by atoms with E-state index in [4.69, 9.17) is 27.5 Å². The molecule has 0 aliphatic carbocycles. The van der Waals surface area contributed by atoms with Crippen LogP contribution in [-0.2, 0) is 6.42 Å². The molecular formula is C16H17ClN2O. The first kappa shape index (κ1) is 14.4. The van der Waals surface area contributed by atoms with Crippen LogP contribution < -0.4 is 10.5 Å². The smallest absolute Gasteiger partial charge is 0.138 e. The number of nitrogens with two attached hydrogens (primary N) is 1. The Kier molecular flexibility index (Phi) is 4.30. The topological polar surface area (TPSA) is 59.1 Å². The number of aryl methyl sites for hydroxylation is 2. The molecule has 0 saturated heterocycles. The summed E-state index contributed by atoms with van der Waals surface area (Å²) in [7, 11) is 0. The van der Waals surface area contributed by atoms with Crippen molar-refractivity contribution >= 4 is 17.4 Å². The van der Waals surface area contributed by atoms with Crippen molar-refractivity contribution in [1.82, 2.24) is 0 Å². The van der Waals surface area contributed by atoms with Gasteiger partial charge in [0.15, 0.2) is 0 Å². The molecule has 2 aromatic rings. The van der Waals surface area contributed by atoms with Crippen molar-refractivity contribution < 1.29 is 4.74 Å². The van der Waals surface area contributed by atoms with Gasteiger partial charge in [0, 0.05) is 5.02 Å². The van der Waals surface area contributed by atoms with Gasteiger partial charge >= 0.3 is 0 Å². The molecule has 0 aliphatic heterocycles. The zero-order valence-electron chi connectivity index (χ0n) is 11.5. The lowest BCUT2D eigenvalue weighted by atomic mass is 10.1. The summed E-state index contributed by atoms with van der Waals surface area (Å²) in [5, 5.41) is 8.33. The Balaban J connectivity index is 2.39. The van der Waals surface area contributed by atoms with Gasteiger partial charge in [-0.05, 0) is 54.8 Å². The number of hydrogen-bond acceptors (Lipinski definition) is 2. The second-order valence-corrected chi connectivity index (χ2v) is 5.03. The summed E-state index contributed by atoms with van der Waals surface area (Å²) in [6, 6.07) is 11.1. The van der Waals surface area contributed by atoms with Gasteiger partial charge in [-0.15, -0.1) is 0 Å². The van der Waals surface area contributed by atoms with Crippen molar-refractivity contribution in [3.05, 3.63) is 58.1 Å². The zero-order chi connectivity index (χ0) is 14.7. The second-order valence-electron chi connectivity index (χ2n) is 4.62. The number of halogens is 1. The zero-order valence-corrected chi connectivity index (χ0v) is 12.3. The van der Waals surface area contributed by atoms with E-state index in [9.17, 15) is 0 Å². The molecule has 3 nitrogen and oxygen atoms in total. The van der Waals surface area contributed by atoms with Crippen LogP contribution in [-0.4, -0.2) is 5.84 Å². The summed E-state index contributed by atoms with van der Waals surface area (Å²) in [6.45, 7) is 4.01. The Morgan fingerprint density at radius 1 is 1.25 bits per heavy atom. The van der Waals surface area contributed by atoms with Crippen LogP contribution in [0.1, 0.15) is 23.6 Å². The van der Waals surface area contributed by atoms with Crippen LogP contribution in [0, 0.1) is 12.3 Å². The maximum Gasteiger partial charge on any atom is 0.138 e. The highest BCUT2D eigenvalue weighted by molar-refractivity contribution is 6.31. The minimum Gasteiger partial charge on any atom is -0.457 e. The fourth-order valence-electron chi connectivity index (χ4n) is 1.95.